The van der Waals surface area contributed by atoms with Crippen molar-refractivity contribution in [3.05, 3.63) is 35.4 Å². The first-order valence-corrected chi connectivity index (χ1v) is 9.43. The molecule has 0 aliphatic carbocycles. The Balaban J connectivity index is 1.42. The number of hydrogen-bond acceptors (Lipinski definition) is 3. The van der Waals surface area contributed by atoms with E-state index in [1.165, 1.54) is 11.1 Å². The molecule has 0 N–H and O–H groups in total. The molecule has 136 valence electrons. The lowest BCUT2D eigenvalue weighted by molar-refractivity contribution is -0.146. The molecule has 0 aromatic heterocycles. The standard InChI is InChI=1S/C20H28N2O3/c1-2-16-5-7-17(8-6-16)9-10-19(23)21-11-13-22(14-12-21)20(24)18-4-3-15-25-18/h5-8,18H,2-4,9-15H2,1H3. The van der Waals surface area contributed by atoms with Crippen LogP contribution in [0.2, 0.25) is 0 Å². The minimum atomic E-state index is -0.256. The number of hydrogen-bond donors (Lipinski definition) is 0. The summed E-state index contributed by atoms with van der Waals surface area (Å²) in [7, 11) is 0. The van der Waals surface area contributed by atoms with Gasteiger partial charge in [0, 0.05) is 39.2 Å². The number of aryl methyl sites for hydroxylation is 2. The van der Waals surface area contributed by atoms with Crippen molar-refractivity contribution in [2.24, 2.45) is 0 Å². The molecule has 2 aliphatic rings. The van der Waals surface area contributed by atoms with Gasteiger partial charge in [0.2, 0.25) is 5.91 Å². The van der Waals surface area contributed by atoms with Crippen molar-refractivity contribution < 1.29 is 14.3 Å². The molecular weight excluding hydrogens is 316 g/mol. The Bertz CT molecular complexity index is 585. The molecular formula is C20H28N2O3. The van der Waals surface area contributed by atoms with E-state index in [1.54, 1.807) is 0 Å². The summed E-state index contributed by atoms with van der Waals surface area (Å²) in [6.45, 7) is 5.33. The topological polar surface area (TPSA) is 49.9 Å². The fourth-order valence-electron chi connectivity index (χ4n) is 3.50. The summed E-state index contributed by atoms with van der Waals surface area (Å²) < 4.78 is 5.47. The second-order valence-corrected chi connectivity index (χ2v) is 6.88. The van der Waals surface area contributed by atoms with Gasteiger partial charge in [0.15, 0.2) is 0 Å². The van der Waals surface area contributed by atoms with Gasteiger partial charge >= 0.3 is 0 Å². The number of nitrogens with zero attached hydrogens (tertiary/aromatic N) is 2. The predicted molar refractivity (Wildman–Crippen MR) is 96.3 cm³/mol. The van der Waals surface area contributed by atoms with E-state index in [1.807, 2.05) is 9.80 Å². The molecule has 1 aromatic rings. The molecule has 1 aromatic carbocycles. The summed E-state index contributed by atoms with van der Waals surface area (Å²) in [5.41, 5.74) is 2.53. The maximum Gasteiger partial charge on any atom is 0.251 e. The highest BCUT2D eigenvalue weighted by Gasteiger charge is 2.31. The van der Waals surface area contributed by atoms with E-state index in [9.17, 15) is 9.59 Å². The Kier molecular flexibility index (Phi) is 6.08. The van der Waals surface area contributed by atoms with E-state index in [-0.39, 0.29) is 17.9 Å². The van der Waals surface area contributed by atoms with Crippen LogP contribution < -0.4 is 0 Å². The van der Waals surface area contributed by atoms with Gasteiger partial charge in [0.1, 0.15) is 6.10 Å². The van der Waals surface area contributed by atoms with Crippen LogP contribution in [0.5, 0.6) is 0 Å². The smallest absolute Gasteiger partial charge is 0.251 e. The number of rotatable bonds is 5. The molecule has 5 heteroatoms. The summed E-state index contributed by atoms with van der Waals surface area (Å²) in [6, 6.07) is 8.50. The third kappa shape index (κ3) is 4.60. The van der Waals surface area contributed by atoms with E-state index in [4.69, 9.17) is 4.74 Å². The fraction of sp³-hybridized carbons (Fsp3) is 0.600. The molecule has 0 saturated carbocycles. The molecule has 0 spiro atoms. The summed E-state index contributed by atoms with van der Waals surface area (Å²) in [6.07, 6.45) is 3.88. The SMILES string of the molecule is CCc1ccc(CCC(=O)N2CCN(C(=O)C3CCCO3)CC2)cc1. The molecule has 5 nitrogen and oxygen atoms in total. The molecule has 2 fully saturated rings. The van der Waals surface area contributed by atoms with Gasteiger partial charge in [-0.05, 0) is 36.8 Å². The average Bonchev–Trinajstić information content (AvgIpc) is 3.21. The molecule has 1 atom stereocenters. The monoisotopic (exact) mass is 344 g/mol. The number of carbonyl (C=O) groups is 2. The van der Waals surface area contributed by atoms with Gasteiger partial charge in [-0.25, -0.2) is 0 Å². The normalized spacial score (nSPS) is 20.8. The summed E-state index contributed by atoms with van der Waals surface area (Å²) in [5.74, 6) is 0.282. The molecule has 25 heavy (non-hydrogen) atoms. The van der Waals surface area contributed by atoms with Crippen molar-refractivity contribution >= 4 is 11.8 Å². The molecule has 2 aliphatic heterocycles. The van der Waals surface area contributed by atoms with Crippen LogP contribution in [0.25, 0.3) is 0 Å². The summed E-state index contributed by atoms with van der Waals surface area (Å²) in [4.78, 5) is 28.5. The lowest BCUT2D eigenvalue weighted by Crippen LogP contribution is -2.52. The van der Waals surface area contributed by atoms with Crippen LogP contribution >= 0.6 is 0 Å². The van der Waals surface area contributed by atoms with Crippen molar-refractivity contribution in [1.82, 2.24) is 9.80 Å². The van der Waals surface area contributed by atoms with Crippen molar-refractivity contribution in [2.45, 2.75) is 45.1 Å². The molecule has 1 unspecified atom stereocenters. The summed E-state index contributed by atoms with van der Waals surface area (Å²) in [5, 5.41) is 0. The number of carbonyl (C=O) groups excluding carboxylic acids is 2. The van der Waals surface area contributed by atoms with Crippen LogP contribution in [0.4, 0.5) is 0 Å². The highest BCUT2D eigenvalue weighted by molar-refractivity contribution is 5.82. The van der Waals surface area contributed by atoms with Gasteiger partial charge in [-0.3, -0.25) is 9.59 Å². The largest absolute Gasteiger partial charge is 0.368 e. The van der Waals surface area contributed by atoms with Gasteiger partial charge in [-0.15, -0.1) is 0 Å². The average molecular weight is 344 g/mol. The molecule has 2 heterocycles. The minimum Gasteiger partial charge on any atom is -0.368 e. The first-order chi connectivity index (χ1) is 12.2. The van der Waals surface area contributed by atoms with Gasteiger partial charge in [-0.1, -0.05) is 31.2 Å². The first-order valence-electron chi connectivity index (χ1n) is 9.43. The number of amides is 2. The molecule has 0 radical (unpaired) electrons. The minimum absolute atomic E-state index is 0.0978. The van der Waals surface area contributed by atoms with Crippen molar-refractivity contribution in [1.29, 1.82) is 0 Å². The highest BCUT2D eigenvalue weighted by Crippen LogP contribution is 2.16. The Hall–Kier alpha value is -1.88. The molecule has 2 amide bonds. The van der Waals surface area contributed by atoms with Gasteiger partial charge in [0.25, 0.3) is 5.91 Å². The second-order valence-electron chi connectivity index (χ2n) is 6.88. The number of ether oxygens (including phenoxy) is 1. The Morgan fingerprint density at radius 3 is 2.28 bits per heavy atom. The van der Waals surface area contributed by atoms with Crippen LogP contribution in [0.1, 0.15) is 37.3 Å². The Labute approximate surface area is 149 Å². The van der Waals surface area contributed by atoms with Crippen molar-refractivity contribution in [3.8, 4) is 0 Å². The van der Waals surface area contributed by atoms with E-state index in [0.29, 0.717) is 39.2 Å². The second kappa shape index (κ2) is 8.48. The van der Waals surface area contributed by atoms with E-state index >= 15 is 0 Å². The van der Waals surface area contributed by atoms with Crippen LogP contribution in [0, 0.1) is 0 Å². The Morgan fingerprint density at radius 2 is 1.68 bits per heavy atom. The molecule has 2 saturated heterocycles. The predicted octanol–water partition coefficient (Wildman–Crippen LogP) is 2.03. The van der Waals surface area contributed by atoms with Gasteiger partial charge in [-0.2, -0.15) is 0 Å². The van der Waals surface area contributed by atoms with Crippen LogP contribution in [0.3, 0.4) is 0 Å². The first kappa shape index (κ1) is 17.9. The molecule has 0 bridgehead atoms. The third-order valence-electron chi connectivity index (χ3n) is 5.21. The quantitative estimate of drug-likeness (QED) is 0.821. The van der Waals surface area contributed by atoms with E-state index in [0.717, 1.165) is 25.7 Å². The maximum absolute atomic E-state index is 12.4. The van der Waals surface area contributed by atoms with E-state index in [2.05, 4.69) is 31.2 Å². The summed E-state index contributed by atoms with van der Waals surface area (Å²) >= 11 is 0. The zero-order valence-electron chi connectivity index (χ0n) is 15.1. The zero-order chi connectivity index (χ0) is 17.6. The van der Waals surface area contributed by atoms with Gasteiger partial charge in [0.05, 0.1) is 0 Å². The highest BCUT2D eigenvalue weighted by atomic mass is 16.5. The number of piperazine rings is 1. The third-order valence-corrected chi connectivity index (χ3v) is 5.21. The van der Waals surface area contributed by atoms with Crippen LogP contribution in [0.15, 0.2) is 24.3 Å². The van der Waals surface area contributed by atoms with Crippen LogP contribution in [-0.2, 0) is 27.2 Å². The number of benzene rings is 1. The van der Waals surface area contributed by atoms with Crippen LogP contribution in [-0.4, -0.2) is 60.5 Å². The lowest BCUT2D eigenvalue weighted by atomic mass is 10.1. The zero-order valence-corrected chi connectivity index (χ0v) is 15.1. The van der Waals surface area contributed by atoms with E-state index < -0.39 is 0 Å². The van der Waals surface area contributed by atoms with Crippen molar-refractivity contribution in [2.75, 3.05) is 32.8 Å². The fourth-order valence-corrected chi connectivity index (χ4v) is 3.50. The van der Waals surface area contributed by atoms with Crippen molar-refractivity contribution in [3.63, 3.8) is 0 Å². The molecule has 3 rings (SSSR count). The Morgan fingerprint density at radius 1 is 1.04 bits per heavy atom. The lowest BCUT2D eigenvalue weighted by Gasteiger charge is -2.35. The van der Waals surface area contributed by atoms with Gasteiger partial charge < -0.3 is 14.5 Å². The maximum atomic E-state index is 12.4.